The van der Waals surface area contributed by atoms with Crippen LogP contribution < -0.4 is 14.2 Å². The molecule has 0 unspecified atom stereocenters. The van der Waals surface area contributed by atoms with E-state index in [2.05, 4.69) is 10.1 Å². The third-order valence-corrected chi connectivity index (χ3v) is 5.68. The van der Waals surface area contributed by atoms with Crippen molar-refractivity contribution in [1.29, 1.82) is 0 Å². The zero-order valence-corrected chi connectivity index (χ0v) is 17.3. The SMILES string of the molecule is CO/N=C(/c1cc(OC)c(OC)c(OC)c1)c1nc(-c2ccccc2)c[se]1. The fourth-order valence-electron chi connectivity index (χ4n) is 2.65. The fraction of sp³-hybridized carbons (Fsp3) is 0.200. The first-order valence-electron chi connectivity index (χ1n) is 8.14. The Morgan fingerprint density at radius 3 is 2.15 bits per heavy atom. The van der Waals surface area contributed by atoms with Crippen molar-refractivity contribution in [2.45, 2.75) is 0 Å². The van der Waals surface area contributed by atoms with E-state index in [4.69, 9.17) is 24.0 Å². The molecule has 0 amide bonds. The normalized spacial score (nSPS) is 11.2. The summed E-state index contributed by atoms with van der Waals surface area (Å²) in [6.45, 7) is 0. The van der Waals surface area contributed by atoms with Gasteiger partial charge in [-0.1, -0.05) is 0 Å². The molecule has 3 aromatic rings. The zero-order chi connectivity index (χ0) is 19.2. The first kappa shape index (κ1) is 19.0. The molecule has 0 N–H and O–H groups in total. The second-order valence-electron chi connectivity index (χ2n) is 5.44. The van der Waals surface area contributed by atoms with Gasteiger partial charge in [-0.25, -0.2) is 0 Å². The van der Waals surface area contributed by atoms with E-state index in [9.17, 15) is 0 Å². The number of methoxy groups -OCH3 is 3. The number of hydrogen-bond acceptors (Lipinski definition) is 6. The standard InChI is InChI=1S/C20H20N2O4Se/c1-23-16-10-14(11-17(24-2)19(16)25-3)18(22-26-4)20-21-15(12-27-20)13-8-6-5-7-9-13/h5-12H,1-4H3/b22-18-. The molecule has 2 aromatic carbocycles. The number of benzene rings is 2. The Morgan fingerprint density at radius 1 is 0.926 bits per heavy atom. The van der Waals surface area contributed by atoms with E-state index >= 15 is 0 Å². The van der Waals surface area contributed by atoms with Crippen LogP contribution in [0, 0.1) is 0 Å². The van der Waals surface area contributed by atoms with E-state index in [1.807, 2.05) is 42.5 Å². The number of rotatable bonds is 7. The minimum absolute atomic E-state index is 0.0307. The Kier molecular flexibility index (Phi) is 6.16. The topological polar surface area (TPSA) is 62.2 Å². The maximum atomic E-state index is 5.45. The molecule has 0 saturated heterocycles. The molecule has 6 nitrogen and oxygen atoms in total. The van der Waals surface area contributed by atoms with E-state index in [1.54, 1.807) is 21.3 Å². The number of oxime groups is 1. The fourth-order valence-corrected chi connectivity index (χ4v) is 4.39. The Labute approximate surface area is 164 Å². The number of hydrogen-bond donors (Lipinski definition) is 0. The summed E-state index contributed by atoms with van der Waals surface area (Å²) in [4.78, 5) is 12.0. The molecule has 0 radical (unpaired) electrons. The molecule has 7 heteroatoms. The predicted octanol–water partition coefficient (Wildman–Crippen LogP) is 3.23. The van der Waals surface area contributed by atoms with Crippen molar-refractivity contribution < 1.29 is 19.0 Å². The van der Waals surface area contributed by atoms with Crippen LogP contribution in [-0.4, -0.2) is 53.6 Å². The van der Waals surface area contributed by atoms with Gasteiger partial charge >= 0.3 is 164 Å². The van der Waals surface area contributed by atoms with Crippen LogP contribution in [0.5, 0.6) is 17.2 Å². The summed E-state index contributed by atoms with van der Waals surface area (Å²) >= 11 is 0.0307. The molecule has 3 rings (SSSR count). The average Bonchev–Trinajstić information content (AvgIpc) is 3.21. The Bertz CT molecular complexity index is 913. The van der Waals surface area contributed by atoms with Crippen LogP contribution in [0.3, 0.4) is 0 Å². The molecule has 0 bridgehead atoms. The van der Waals surface area contributed by atoms with Crippen LogP contribution in [0.15, 0.2) is 52.6 Å². The molecule has 1 aromatic heterocycles. The van der Waals surface area contributed by atoms with Gasteiger partial charge in [0.25, 0.3) is 0 Å². The molecule has 0 atom stereocenters. The molecule has 0 fully saturated rings. The summed E-state index contributed by atoms with van der Waals surface area (Å²) in [5, 5.41) is 4.23. The predicted molar refractivity (Wildman–Crippen MR) is 105 cm³/mol. The second kappa shape index (κ2) is 8.75. The van der Waals surface area contributed by atoms with Gasteiger partial charge in [0.15, 0.2) is 0 Å². The van der Waals surface area contributed by atoms with E-state index in [1.165, 1.54) is 7.11 Å². The first-order chi connectivity index (χ1) is 13.2. The van der Waals surface area contributed by atoms with Crippen molar-refractivity contribution >= 4 is 20.2 Å². The van der Waals surface area contributed by atoms with Gasteiger partial charge in [0.1, 0.15) is 0 Å². The molecule has 0 aliphatic heterocycles. The van der Waals surface area contributed by atoms with Crippen LogP contribution in [0.25, 0.3) is 11.3 Å². The molecule has 0 saturated carbocycles. The summed E-state index contributed by atoms with van der Waals surface area (Å²) in [5.74, 6) is 1.64. The van der Waals surface area contributed by atoms with Crippen molar-refractivity contribution in [3.63, 3.8) is 0 Å². The quantitative estimate of drug-likeness (QED) is 0.327. The molecular weight excluding hydrogens is 411 g/mol. The average molecular weight is 431 g/mol. The van der Waals surface area contributed by atoms with E-state index in [-0.39, 0.29) is 14.5 Å². The van der Waals surface area contributed by atoms with Crippen LogP contribution in [0.2, 0.25) is 0 Å². The van der Waals surface area contributed by atoms with Gasteiger partial charge < -0.3 is 0 Å². The minimum atomic E-state index is 0.0307. The Hall–Kier alpha value is -2.76. The van der Waals surface area contributed by atoms with Crippen LogP contribution in [-0.2, 0) is 4.84 Å². The Balaban J connectivity index is 2.07. The third-order valence-electron chi connectivity index (χ3n) is 3.90. The van der Waals surface area contributed by atoms with Gasteiger partial charge in [0.2, 0.25) is 0 Å². The van der Waals surface area contributed by atoms with Gasteiger partial charge in [-0.3, -0.25) is 0 Å². The second-order valence-corrected chi connectivity index (χ2v) is 7.24. The van der Waals surface area contributed by atoms with Crippen molar-refractivity contribution in [3.8, 4) is 28.5 Å². The third kappa shape index (κ3) is 3.99. The van der Waals surface area contributed by atoms with E-state index < -0.39 is 0 Å². The van der Waals surface area contributed by atoms with Gasteiger partial charge in [0.05, 0.1) is 0 Å². The molecule has 140 valence electrons. The van der Waals surface area contributed by atoms with Crippen LogP contribution in [0.1, 0.15) is 10.1 Å². The number of nitrogens with zero attached hydrogens (tertiary/aromatic N) is 2. The summed E-state index contributed by atoms with van der Waals surface area (Å²) in [6, 6.07) is 13.8. The summed E-state index contributed by atoms with van der Waals surface area (Å²) in [6.07, 6.45) is 0. The van der Waals surface area contributed by atoms with Crippen molar-refractivity contribution in [2.24, 2.45) is 5.16 Å². The molecule has 27 heavy (non-hydrogen) atoms. The maximum absolute atomic E-state index is 5.45. The van der Waals surface area contributed by atoms with Crippen molar-refractivity contribution in [3.05, 3.63) is 57.5 Å². The molecule has 0 spiro atoms. The van der Waals surface area contributed by atoms with Crippen molar-refractivity contribution in [1.82, 2.24) is 4.98 Å². The molecule has 0 aliphatic carbocycles. The van der Waals surface area contributed by atoms with Gasteiger partial charge in [-0.15, -0.1) is 0 Å². The van der Waals surface area contributed by atoms with Crippen LogP contribution in [0.4, 0.5) is 0 Å². The first-order valence-corrected chi connectivity index (χ1v) is 9.99. The summed E-state index contributed by atoms with van der Waals surface area (Å²) in [5.41, 5.74) is 3.46. The van der Waals surface area contributed by atoms with E-state index in [0.29, 0.717) is 23.0 Å². The van der Waals surface area contributed by atoms with Gasteiger partial charge in [-0.2, -0.15) is 0 Å². The van der Waals surface area contributed by atoms with Gasteiger partial charge in [0, 0.05) is 0 Å². The molecule has 0 aliphatic rings. The van der Waals surface area contributed by atoms with Crippen LogP contribution >= 0.6 is 0 Å². The molecule has 1 heterocycles. The van der Waals surface area contributed by atoms with E-state index in [0.717, 1.165) is 21.4 Å². The summed E-state index contributed by atoms with van der Waals surface area (Å²) in [7, 11) is 6.26. The van der Waals surface area contributed by atoms with Gasteiger partial charge in [-0.05, 0) is 0 Å². The van der Waals surface area contributed by atoms with Crippen molar-refractivity contribution in [2.75, 3.05) is 28.4 Å². The number of aromatic nitrogens is 1. The number of ether oxygens (including phenoxy) is 3. The molecular formula is C20H20N2O4Se. The monoisotopic (exact) mass is 432 g/mol. The summed E-state index contributed by atoms with van der Waals surface area (Å²) < 4.78 is 17.2. The zero-order valence-electron chi connectivity index (χ0n) is 15.6. The Morgan fingerprint density at radius 2 is 1.59 bits per heavy atom.